The maximum atomic E-state index is 12.6. The van der Waals surface area contributed by atoms with Crippen LogP contribution in [-0.2, 0) is 14.3 Å². The van der Waals surface area contributed by atoms with Crippen LogP contribution in [0.5, 0.6) is 0 Å². The first-order chi connectivity index (χ1) is 13.0. The van der Waals surface area contributed by atoms with E-state index in [1.807, 2.05) is 67.1 Å². The van der Waals surface area contributed by atoms with E-state index >= 15 is 0 Å². The van der Waals surface area contributed by atoms with Gasteiger partial charge < -0.3 is 10.1 Å². The molecule has 0 aliphatic heterocycles. The zero-order valence-electron chi connectivity index (χ0n) is 15.0. The smallest absolute Gasteiger partial charge is 0.340 e. The van der Waals surface area contributed by atoms with Gasteiger partial charge in [0.1, 0.15) is 0 Å². The first-order valence-electron chi connectivity index (χ1n) is 8.36. The van der Waals surface area contributed by atoms with Gasteiger partial charge in [-0.2, -0.15) is 0 Å². The molecule has 0 aliphatic rings. The summed E-state index contributed by atoms with van der Waals surface area (Å²) in [6.45, 7) is 3.65. The van der Waals surface area contributed by atoms with E-state index in [-0.39, 0.29) is 12.5 Å². The molecule has 0 saturated carbocycles. The molecule has 0 radical (unpaired) electrons. The minimum absolute atomic E-state index is 0.334. The number of hydrogen-bond donors (Lipinski definition) is 1. The summed E-state index contributed by atoms with van der Waals surface area (Å²) >= 11 is 2.99. The number of carbonyl (C=O) groups excluding carboxylic acids is 2. The fraction of sp³-hybridized carbons (Fsp3) is 0.143. The number of thiophene rings is 2. The molecule has 3 rings (SSSR count). The van der Waals surface area contributed by atoms with E-state index < -0.39 is 5.97 Å². The fourth-order valence-corrected chi connectivity index (χ4v) is 3.79. The summed E-state index contributed by atoms with van der Waals surface area (Å²) in [7, 11) is 0. The van der Waals surface area contributed by atoms with Crippen molar-refractivity contribution in [1.29, 1.82) is 0 Å². The van der Waals surface area contributed by atoms with Crippen LogP contribution in [0.25, 0.3) is 11.6 Å². The predicted molar refractivity (Wildman–Crippen MR) is 112 cm³/mol. The van der Waals surface area contributed by atoms with Crippen molar-refractivity contribution in [1.82, 2.24) is 0 Å². The lowest BCUT2D eigenvalue weighted by atomic mass is 10.1. The van der Waals surface area contributed by atoms with Gasteiger partial charge in [-0.25, -0.2) is 4.79 Å². The van der Waals surface area contributed by atoms with Crippen LogP contribution in [0, 0.1) is 13.8 Å². The maximum absolute atomic E-state index is 12.6. The van der Waals surface area contributed by atoms with Gasteiger partial charge in [0.05, 0.1) is 5.57 Å². The van der Waals surface area contributed by atoms with E-state index in [9.17, 15) is 9.59 Å². The van der Waals surface area contributed by atoms with Crippen molar-refractivity contribution < 1.29 is 14.3 Å². The Morgan fingerprint density at radius 2 is 1.81 bits per heavy atom. The number of esters is 1. The lowest BCUT2D eigenvalue weighted by molar-refractivity contribution is -0.141. The highest BCUT2D eigenvalue weighted by molar-refractivity contribution is 7.12. The van der Waals surface area contributed by atoms with Gasteiger partial charge in [0.2, 0.25) is 0 Å². The number of carbonyl (C=O) groups is 2. The van der Waals surface area contributed by atoms with Crippen LogP contribution in [0.4, 0.5) is 5.69 Å². The molecule has 0 spiro atoms. The highest BCUT2D eigenvalue weighted by atomic mass is 32.1. The van der Waals surface area contributed by atoms with Gasteiger partial charge in [-0.15, -0.1) is 22.7 Å². The van der Waals surface area contributed by atoms with Crippen molar-refractivity contribution in [2.24, 2.45) is 0 Å². The zero-order chi connectivity index (χ0) is 19.2. The summed E-state index contributed by atoms with van der Waals surface area (Å²) < 4.78 is 5.26. The number of hydrogen-bond acceptors (Lipinski definition) is 5. The van der Waals surface area contributed by atoms with Crippen LogP contribution < -0.4 is 5.32 Å². The van der Waals surface area contributed by atoms with Crippen molar-refractivity contribution in [3.05, 3.63) is 74.1 Å². The minimum atomic E-state index is -0.513. The molecule has 138 valence electrons. The molecule has 0 atom stereocenters. The lowest BCUT2D eigenvalue weighted by Gasteiger charge is -2.09. The van der Waals surface area contributed by atoms with Gasteiger partial charge in [-0.1, -0.05) is 18.2 Å². The quantitative estimate of drug-likeness (QED) is 0.462. The van der Waals surface area contributed by atoms with Crippen molar-refractivity contribution >= 4 is 51.9 Å². The van der Waals surface area contributed by atoms with Crippen molar-refractivity contribution in [3.63, 3.8) is 0 Å². The van der Waals surface area contributed by atoms with Crippen molar-refractivity contribution in [3.8, 4) is 0 Å². The lowest BCUT2D eigenvalue weighted by Crippen LogP contribution is -2.21. The third-order valence-electron chi connectivity index (χ3n) is 3.96. The molecule has 6 heteroatoms. The Balaban J connectivity index is 1.65. The van der Waals surface area contributed by atoms with Crippen molar-refractivity contribution in [2.45, 2.75) is 13.8 Å². The number of ether oxygens (including phenoxy) is 1. The molecule has 2 aromatic heterocycles. The molecular weight excluding hydrogens is 378 g/mol. The number of amides is 1. The monoisotopic (exact) mass is 397 g/mol. The fourth-order valence-electron chi connectivity index (χ4n) is 2.40. The Kier molecular flexibility index (Phi) is 6.21. The van der Waals surface area contributed by atoms with Crippen LogP contribution >= 0.6 is 22.7 Å². The minimum Gasteiger partial charge on any atom is -0.452 e. The molecule has 0 fully saturated rings. The van der Waals surface area contributed by atoms with Crippen LogP contribution in [0.2, 0.25) is 0 Å². The Morgan fingerprint density at radius 3 is 2.48 bits per heavy atom. The number of anilines is 1. The average molecular weight is 398 g/mol. The largest absolute Gasteiger partial charge is 0.452 e. The predicted octanol–water partition coefficient (Wildman–Crippen LogP) is 5.15. The summed E-state index contributed by atoms with van der Waals surface area (Å²) in [4.78, 5) is 26.5. The Hall–Kier alpha value is -2.70. The third-order valence-corrected chi connectivity index (χ3v) is 5.68. The molecule has 0 unspecified atom stereocenters. The Morgan fingerprint density at radius 1 is 1.04 bits per heavy atom. The second kappa shape index (κ2) is 8.79. The van der Waals surface area contributed by atoms with E-state index in [0.717, 1.165) is 20.9 Å². The van der Waals surface area contributed by atoms with Gasteiger partial charge in [-0.3, -0.25) is 4.79 Å². The van der Waals surface area contributed by atoms with E-state index in [1.165, 1.54) is 22.7 Å². The van der Waals surface area contributed by atoms with Gasteiger partial charge in [0, 0.05) is 15.4 Å². The number of rotatable bonds is 6. The average Bonchev–Trinajstić information content (AvgIpc) is 3.34. The summed E-state index contributed by atoms with van der Waals surface area (Å²) in [6.07, 6.45) is 1.79. The molecule has 3 aromatic rings. The second-order valence-corrected chi connectivity index (χ2v) is 7.90. The van der Waals surface area contributed by atoms with Crippen LogP contribution in [0.3, 0.4) is 0 Å². The maximum Gasteiger partial charge on any atom is 0.340 e. The summed E-state index contributed by atoms with van der Waals surface area (Å²) in [5.74, 6) is -0.880. The molecule has 1 amide bonds. The first kappa shape index (κ1) is 19.1. The van der Waals surface area contributed by atoms with E-state index in [1.54, 1.807) is 6.08 Å². The van der Waals surface area contributed by atoms with Gasteiger partial charge in [-0.05, 0) is 66.1 Å². The number of benzene rings is 1. The molecule has 0 aliphatic carbocycles. The zero-order valence-corrected chi connectivity index (χ0v) is 16.7. The highest BCUT2D eigenvalue weighted by Gasteiger charge is 2.17. The molecule has 27 heavy (non-hydrogen) atoms. The van der Waals surface area contributed by atoms with Gasteiger partial charge >= 0.3 is 5.97 Å². The van der Waals surface area contributed by atoms with Crippen LogP contribution in [0.15, 0.2) is 53.2 Å². The van der Waals surface area contributed by atoms with Gasteiger partial charge in [0.15, 0.2) is 6.61 Å². The Labute approximate surface area is 166 Å². The number of aryl methyl sites for hydroxylation is 2. The first-order valence-corrected chi connectivity index (χ1v) is 10.1. The number of nitrogens with one attached hydrogen (secondary N) is 1. The summed E-state index contributed by atoms with van der Waals surface area (Å²) in [5.41, 5.74) is 3.38. The third kappa shape index (κ3) is 5.15. The summed E-state index contributed by atoms with van der Waals surface area (Å²) in [6, 6.07) is 13.2. The van der Waals surface area contributed by atoms with Crippen molar-refractivity contribution in [2.75, 3.05) is 11.9 Å². The molecule has 1 aromatic carbocycles. The van der Waals surface area contributed by atoms with E-state index in [0.29, 0.717) is 11.3 Å². The van der Waals surface area contributed by atoms with E-state index in [4.69, 9.17) is 4.74 Å². The molecule has 0 saturated heterocycles. The van der Waals surface area contributed by atoms with E-state index in [2.05, 4.69) is 5.32 Å². The molecule has 4 nitrogen and oxygen atoms in total. The molecule has 0 bridgehead atoms. The highest BCUT2D eigenvalue weighted by Crippen LogP contribution is 2.25. The summed E-state index contributed by atoms with van der Waals surface area (Å²) in [5, 5.41) is 6.60. The van der Waals surface area contributed by atoms with Crippen LogP contribution in [-0.4, -0.2) is 18.5 Å². The van der Waals surface area contributed by atoms with Crippen LogP contribution in [0.1, 0.15) is 20.9 Å². The van der Waals surface area contributed by atoms with Gasteiger partial charge in [0.25, 0.3) is 5.91 Å². The SMILES string of the molecule is Cc1ccc(NC(=O)COC(=O)/C(=C/c2cccs2)c2cccs2)cc1C. The molecule has 2 heterocycles. The topological polar surface area (TPSA) is 55.4 Å². The molecular formula is C21H19NO3S2. The standard InChI is InChI=1S/C21H19NO3S2/c1-14-7-8-16(11-15(14)2)22-20(23)13-25-21(24)18(19-6-4-10-27-19)12-17-5-3-9-26-17/h3-12H,13H2,1-2H3,(H,22,23)/b18-12+. The second-order valence-electron chi connectivity index (χ2n) is 5.97. The molecule has 1 N–H and O–H groups in total. The normalized spacial score (nSPS) is 11.3. The Bertz CT molecular complexity index is 957.